The molecule has 19 heavy (non-hydrogen) atoms. The average Bonchev–Trinajstić information content (AvgIpc) is 2.41. The number of ketones is 1. The van der Waals surface area contributed by atoms with Crippen molar-refractivity contribution in [2.24, 2.45) is 17.8 Å². The summed E-state index contributed by atoms with van der Waals surface area (Å²) in [6.45, 7) is 4.54. The molecule has 0 aliphatic heterocycles. The summed E-state index contributed by atoms with van der Waals surface area (Å²) in [6, 6.07) is 5.18. The van der Waals surface area contributed by atoms with Crippen LogP contribution in [0.5, 0.6) is 0 Å². The molecule has 0 saturated heterocycles. The van der Waals surface area contributed by atoms with Crippen molar-refractivity contribution in [3.63, 3.8) is 0 Å². The van der Waals surface area contributed by atoms with Gasteiger partial charge in [0.15, 0.2) is 5.78 Å². The van der Waals surface area contributed by atoms with Gasteiger partial charge in [-0.2, -0.15) is 0 Å². The van der Waals surface area contributed by atoms with Gasteiger partial charge in [0.2, 0.25) is 0 Å². The average molecular weight is 299 g/mol. The van der Waals surface area contributed by atoms with Crippen LogP contribution in [0.25, 0.3) is 0 Å². The molecule has 1 aliphatic rings. The molecule has 0 aromatic heterocycles. The van der Waals surface area contributed by atoms with Crippen molar-refractivity contribution in [1.82, 2.24) is 0 Å². The lowest BCUT2D eigenvalue weighted by Gasteiger charge is -2.30. The number of Topliss-reactive ketones (excluding diaryl/α,β-unsaturated/α-hetero) is 1. The van der Waals surface area contributed by atoms with Crippen molar-refractivity contribution >= 4 is 29.0 Å². The summed E-state index contributed by atoms with van der Waals surface area (Å²) in [5, 5.41) is 0.963. The number of carbonyl (C=O) groups is 1. The molecule has 0 spiro atoms. The second kappa shape index (κ2) is 6.28. The van der Waals surface area contributed by atoms with Crippen molar-refractivity contribution in [1.29, 1.82) is 0 Å². The third-order valence-corrected chi connectivity index (χ3v) is 5.03. The van der Waals surface area contributed by atoms with Crippen molar-refractivity contribution < 1.29 is 4.79 Å². The number of hydrogen-bond acceptors (Lipinski definition) is 1. The Labute approximate surface area is 125 Å². The Morgan fingerprint density at radius 1 is 1.11 bits per heavy atom. The molecule has 1 saturated carbocycles. The highest BCUT2D eigenvalue weighted by Crippen LogP contribution is 2.35. The van der Waals surface area contributed by atoms with E-state index in [1.165, 1.54) is 0 Å². The van der Waals surface area contributed by atoms with Crippen molar-refractivity contribution in [2.45, 2.75) is 39.5 Å². The Kier molecular flexibility index (Phi) is 4.92. The first-order valence-corrected chi connectivity index (χ1v) is 7.74. The third-order valence-electron chi connectivity index (χ3n) is 4.29. The minimum atomic E-state index is 0.159. The van der Waals surface area contributed by atoms with Gasteiger partial charge in [0, 0.05) is 11.5 Å². The van der Waals surface area contributed by atoms with E-state index in [1.807, 2.05) is 0 Å². The van der Waals surface area contributed by atoms with E-state index >= 15 is 0 Å². The van der Waals surface area contributed by atoms with Gasteiger partial charge in [-0.25, -0.2) is 0 Å². The monoisotopic (exact) mass is 298 g/mol. The van der Waals surface area contributed by atoms with Crippen molar-refractivity contribution in [3.8, 4) is 0 Å². The van der Waals surface area contributed by atoms with E-state index in [-0.39, 0.29) is 11.7 Å². The standard InChI is InChI=1S/C16H20Cl2O/c1-10(2)11-3-5-12(6-4-11)16(19)13-7-8-14(17)15(18)9-13/h7-12H,3-6H2,1-2H3. The van der Waals surface area contributed by atoms with Crippen LogP contribution in [0.4, 0.5) is 0 Å². The van der Waals surface area contributed by atoms with Crippen LogP contribution in [0.1, 0.15) is 49.9 Å². The second-order valence-corrected chi connectivity index (χ2v) is 6.66. The highest BCUT2D eigenvalue weighted by molar-refractivity contribution is 6.42. The number of benzene rings is 1. The van der Waals surface area contributed by atoms with E-state index in [1.54, 1.807) is 18.2 Å². The second-order valence-electron chi connectivity index (χ2n) is 5.85. The van der Waals surface area contributed by atoms with Gasteiger partial charge < -0.3 is 0 Å². The summed E-state index contributed by atoms with van der Waals surface area (Å²) in [7, 11) is 0. The topological polar surface area (TPSA) is 17.1 Å². The van der Waals surface area contributed by atoms with Gasteiger partial charge in [0.25, 0.3) is 0 Å². The SMILES string of the molecule is CC(C)C1CCC(C(=O)c2ccc(Cl)c(Cl)c2)CC1. The van der Waals surface area contributed by atoms with Crippen LogP contribution in [0.2, 0.25) is 10.0 Å². The normalized spacial score (nSPS) is 23.6. The zero-order chi connectivity index (χ0) is 14.0. The lowest BCUT2D eigenvalue weighted by atomic mass is 9.75. The first-order chi connectivity index (χ1) is 8.99. The van der Waals surface area contributed by atoms with E-state index in [0.29, 0.717) is 15.6 Å². The molecular weight excluding hydrogens is 279 g/mol. The lowest BCUT2D eigenvalue weighted by Crippen LogP contribution is -2.24. The number of hydrogen-bond donors (Lipinski definition) is 0. The van der Waals surface area contributed by atoms with E-state index in [0.717, 1.165) is 37.5 Å². The van der Waals surface area contributed by atoms with E-state index < -0.39 is 0 Å². The Hall–Kier alpha value is -0.530. The molecule has 1 aromatic rings. The van der Waals surface area contributed by atoms with Crippen LogP contribution in [-0.4, -0.2) is 5.78 Å². The van der Waals surface area contributed by atoms with Gasteiger partial charge in [-0.05, 0) is 55.7 Å². The molecule has 1 fully saturated rings. The minimum absolute atomic E-state index is 0.159. The Bertz CT molecular complexity index is 460. The van der Waals surface area contributed by atoms with Gasteiger partial charge in [-0.3, -0.25) is 4.79 Å². The molecule has 0 radical (unpaired) electrons. The Morgan fingerprint density at radius 3 is 2.26 bits per heavy atom. The third kappa shape index (κ3) is 3.52. The Morgan fingerprint density at radius 2 is 1.74 bits per heavy atom. The molecule has 0 atom stereocenters. The smallest absolute Gasteiger partial charge is 0.165 e. The lowest BCUT2D eigenvalue weighted by molar-refractivity contribution is 0.0859. The molecule has 104 valence electrons. The summed E-state index contributed by atoms with van der Waals surface area (Å²) in [5.74, 6) is 1.88. The minimum Gasteiger partial charge on any atom is -0.294 e. The number of halogens is 2. The highest BCUT2D eigenvalue weighted by atomic mass is 35.5. The van der Waals surface area contributed by atoms with Gasteiger partial charge in [0.05, 0.1) is 10.0 Å². The van der Waals surface area contributed by atoms with E-state index in [4.69, 9.17) is 23.2 Å². The maximum Gasteiger partial charge on any atom is 0.165 e. The predicted octanol–water partition coefficient (Wildman–Crippen LogP) is 5.64. The zero-order valence-electron chi connectivity index (χ0n) is 11.5. The maximum absolute atomic E-state index is 12.4. The van der Waals surface area contributed by atoms with E-state index in [9.17, 15) is 4.79 Å². The predicted molar refractivity (Wildman–Crippen MR) is 81.1 cm³/mol. The fraction of sp³-hybridized carbons (Fsp3) is 0.562. The molecule has 3 heteroatoms. The van der Waals surface area contributed by atoms with Crippen LogP contribution < -0.4 is 0 Å². The molecule has 2 rings (SSSR count). The van der Waals surface area contributed by atoms with Crippen LogP contribution in [0.15, 0.2) is 18.2 Å². The zero-order valence-corrected chi connectivity index (χ0v) is 13.0. The first kappa shape index (κ1) is 14.9. The quantitative estimate of drug-likeness (QED) is 0.660. The Balaban J connectivity index is 2.03. The molecule has 0 bridgehead atoms. The van der Waals surface area contributed by atoms with Crippen molar-refractivity contribution in [3.05, 3.63) is 33.8 Å². The van der Waals surface area contributed by atoms with Gasteiger partial charge in [0.1, 0.15) is 0 Å². The molecule has 0 unspecified atom stereocenters. The fourth-order valence-corrected chi connectivity index (χ4v) is 3.23. The summed E-state index contributed by atoms with van der Waals surface area (Å²) in [5.41, 5.74) is 0.697. The molecule has 0 N–H and O–H groups in total. The fourth-order valence-electron chi connectivity index (χ4n) is 2.93. The van der Waals surface area contributed by atoms with E-state index in [2.05, 4.69) is 13.8 Å². The molecule has 0 heterocycles. The first-order valence-electron chi connectivity index (χ1n) is 6.98. The van der Waals surface area contributed by atoms with Crippen molar-refractivity contribution in [2.75, 3.05) is 0 Å². The maximum atomic E-state index is 12.4. The summed E-state index contributed by atoms with van der Waals surface area (Å²) in [6.07, 6.45) is 4.33. The number of carbonyl (C=O) groups excluding carboxylic acids is 1. The molecule has 1 nitrogen and oxygen atoms in total. The van der Waals surface area contributed by atoms with Gasteiger partial charge in [-0.1, -0.05) is 37.0 Å². The molecule has 1 aliphatic carbocycles. The highest BCUT2D eigenvalue weighted by Gasteiger charge is 2.28. The largest absolute Gasteiger partial charge is 0.294 e. The molecule has 1 aromatic carbocycles. The summed E-state index contributed by atoms with van der Waals surface area (Å²) < 4.78 is 0. The van der Waals surface area contributed by atoms with Crippen LogP contribution >= 0.6 is 23.2 Å². The summed E-state index contributed by atoms with van der Waals surface area (Å²) in [4.78, 5) is 12.4. The molecule has 0 amide bonds. The summed E-state index contributed by atoms with van der Waals surface area (Å²) >= 11 is 11.9. The van der Waals surface area contributed by atoms with Gasteiger partial charge >= 0.3 is 0 Å². The number of rotatable bonds is 3. The molecular formula is C16H20Cl2O. The van der Waals surface area contributed by atoms with Crippen LogP contribution in [0, 0.1) is 17.8 Å². The van der Waals surface area contributed by atoms with Crippen LogP contribution in [-0.2, 0) is 0 Å². The van der Waals surface area contributed by atoms with Crippen LogP contribution in [0.3, 0.4) is 0 Å². The van der Waals surface area contributed by atoms with Gasteiger partial charge in [-0.15, -0.1) is 0 Å².